The lowest BCUT2D eigenvalue weighted by atomic mass is 10.0. The largest absolute Gasteiger partial charge is 0.497 e. The van der Waals surface area contributed by atoms with E-state index in [-0.39, 0.29) is 42.1 Å². The zero-order chi connectivity index (χ0) is 35.4. The van der Waals surface area contributed by atoms with E-state index in [2.05, 4.69) is 5.32 Å². The Kier molecular flexibility index (Phi) is 13.6. The predicted octanol–water partition coefficient (Wildman–Crippen LogP) is 6.57. The Morgan fingerprint density at radius 2 is 1.55 bits per heavy atom. The van der Waals surface area contributed by atoms with Crippen molar-refractivity contribution in [1.29, 1.82) is 0 Å². The number of methoxy groups -OCH3 is 1. The number of anilines is 1. The second-order valence-electron chi connectivity index (χ2n) is 11.5. The molecule has 0 fully saturated rings. The number of para-hydroxylation sites is 2. The van der Waals surface area contributed by atoms with E-state index >= 15 is 0 Å². The molecule has 0 heterocycles. The average Bonchev–Trinajstić information content (AvgIpc) is 3.12. The van der Waals surface area contributed by atoms with Crippen molar-refractivity contribution in [2.75, 3.05) is 30.8 Å². The standard InChI is InChI=1S/C38H45N3O6S2/c1-6-28(3)39-38(43)35(25-29-14-9-8-10-15-29)40(26-30-16-13-17-31(24-30)46-4)37(42)27-41(34-18-11-12-19-36(34)47-7-2)49(44,45)33-22-20-32(48-5)21-23-33/h8-24,28,35H,6-7,25-27H2,1-5H3,(H,39,43)/t28-,35-/m0/s1. The monoisotopic (exact) mass is 703 g/mol. The highest BCUT2D eigenvalue weighted by Gasteiger charge is 2.36. The van der Waals surface area contributed by atoms with Crippen LogP contribution in [0.4, 0.5) is 5.69 Å². The first-order valence-electron chi connectivity index (χ1n) is 16.3. The fourth-order valence-electron chi connectivity index (χ4n) is 5.29. The van der Waals surface area contributed by atoms with Gasteiger partial charge in [-0.15, -0.1) is 11.8 Å². The molecule has 0 saturated carbocycles. The van der Waals surface area contributed by atoms with Crippen LogP contribution in [-0.2, 0) is 32.6 Å². The second kappa shape index (κ2) is 17.8. The molecule has 9 nitrogen and oxygen atoms in total. The van der Waals surface area contributed by atoms with Gasteiger partial charge in [0.2, 0.25) is 11.8 Å². The molecule has 1 N–H and O–H groups in total. The zero-order valence-electron chi connectivity index (χ0n) is 28.7. The molecule has 0 radical (unpaired) electrons. The fraction of sp³-hybridized carbons (Fsp3) is 0.316. The summed E-state index contributed by atoms with van der Waals surface area (Å²) in [4.78, 5) is 31.3. The van der Waals surface area contributed by atoms with E-state index in [1.54, 1.807) is 55.6 Å². The zero-order valence-corrected chi connectivity index (χ0v) is 30.3. The number of rotatable bonds is 17. The Bertz CT molecular complexity index is 1780. The molecular formula is C38H45N3O6S2. The van der Waals surface area contributed by atoms with E-state index in [1.165, 1.54) is 28.8 Å². The lowest BCUT2D eigenvalue weighted by Crippen LogP contribution is -2.54. The van der Waals surface area contributed by atoms with Crippen LogP contribution < -0.4 is 19.1 Å². The summed E-state index contributed by atoms with van der Waals surface area (Å²) >= 11 is 1.50. The summed E-state index contributed by atoms with van der Waals surface area (Å²) in [6, 6.07) is 28.9. The van der Waals surface area contributed by atoms with Gasteiger partial charge in [-0.2, -0.15) is 0 Å². The fourth-order valence-corrected chi connectivity index (χ4v) is 7.12. The average molecular weight is 704 g/mol. The van der Waals surface area contributed by atoms with Gasteiger partial charge in [0.1, 0.15) is 24.1 Å². The van der Waals surface area contributed by atoms with Crippen molar-refractivity contribution in [1.82, 2.24) is 10.2 Å². The van der Waals surface area contributed by atoms with Crippen molar-refractivity contribution < 1.29 is 27.5 Å². The number of sulfonamides is 1. The van der Waals surface area contributed by atoms with E-state index in [0.29, 0.717) is 17.9 Å². The number of hydrogen-bond donors (Lipinski definition) is 1. The molecule has 0 aromatic heterocycles. The number of nitrogens with zero attached hydrogens (tertiary/aromatic N) is 2. The summed E-state index contributed by atoms with van der Waals surface area (Å²) in [5, 5.41) is 3.06. The van der Waals surface area contributed by atoms with Crippen molar-refractivity contribution >= 4 is 39.3 Å². The SMILES string of the molecule is CCOc1ccccc1N(CC(=O)N(Cc1cccc(OC)c1)[C@@H](Cc1ccccc1)C(=O)N[C@@H](C)CC)S(=O)(=O)c1ccc(SC)cc1. The molecule has 0 spiro atoms. The molecule has 2 atom stereocenters. The van der Waals surface area contributed by atoms with E-state index < -0.39 is 28.5 Å². The minimum Gasteiger partial charge on any atom is -0.497 e. The first-order chi connectivity index (χ1) is 23.6. The highest BCUT2D eigenvalue weighted by Crippen LogP contribution is 2.33. The Labute approximate surface area is 294 Å². The van der Waals surface area contributed by atoms with Crippen LogP contribution in [0.1, 0.15) is 38.3 Å². The van der Waals surface area contributed by atoms with Gasteiger partial charge in [-0.3, -0.25) is 13.9 Å². The van der Waals surface area contributed by atoms with E-state index in [9.17, 15) is 18.0 Å². The van der Waals surface area contributed by atoms with Gasteiger partial charge in [0.15, 0.2) is 0 Å². The number of nitrogens with one attached hydrogen (secondary N) is 1. The van der Waals surface area contributed by atoms with Crippen molar-refractivity contribution in [3.8, 4) is 11.5 Å². The van der Waals surface area contributed by atoms with Crippen LogP contribution in [0.25, 0.3) is 0 Å². The summed E-state index contributed by atoms with van der Waals surface area (Å²) in [7, 11) is -2.72. The van der Waals surface area contributed by atoms with E-state index in [4.69, 9.17) is 9.47 Å². The first kappa shape index (κ1) is 37.3. The summed E-state index contributed by atoms with van der Waals surface area (Å²) in [5.74, 6) is 0.0267. The Balaban J connectivity index is 1.85. The topological polar surface area (TPSA) is 105 Å². The molecule has 2 amide bonds. The highest BCUT2D eigenvalue weighted by molar-refractivity contribution is 7.98. The van der Waals surface area contributed by atoms with Gasteiger partial charge in [-0.25, -0.2) is 8.42 Å². The van der Waals surface area contributed by atoms with Gasteiger partial charge in [0.25, 0.3) is 10.0 Å². The van der Waals surface area contributed by atoms with Gasteiger partial charge < -0.3 is 19.7 Å². The van der Waals surface area contributed by atoms with Crippen LogP contribution in [0, 0.1) is 0 Å². The number of benzene rings is 4. The van der Waals surface area contributed by atoms with Crippen molar-refractivity contribution in [3.05, 3.63) is 114 Å². The van der Waals surface area contributed by atoms with Crippen LogP contribution >= 0.6 is 11.8 Å². The third-order valence-electron chi connectivity index (χ3n) is 8.12. The number of thioether (sulfide) groups is 1. The minimum atomic E-state index is -4.28. The summed E-state index contributed by atoms with van der Waals surface area (Å²) in [5.41, 5.74) is 1.80. The highest BCUT2D eigenvalue weighted by atomic mass is 32.2. The Hall–Kier alpha value is -4.48. The van der Waals surface area contributed by atoms with Gasteiger partial charge in [-0.05, 0) is 86.2 Å². The number of carbonyl (C=O) groups excluding carboxylic acids is 2. The number of hydrogen-bond acceptors (Lipinski definition) is 7. The number of amides is 2. The molecule has 4 aromatic rings. The molecule has 0 unspecified atom stereocenters. The van der Waals surface area contributed by atoms with Gasteiger partial charge >= 0.3 is 0 Å². The Morgan fingerprint density at radius 3 is 2.20 bits per heavy atom. The van der Waals surface area contributed by atoms with Gasteiger partial charge in [0.05, 0.1) is 24.3 Å². The number of carbonyl (C=O) groups is 2. The van der Waals surface area contributed by atoms with Crippen LogP contribution in [-0.4, -0.2) is 63.7 Å². The van der Waals surface area contributed by atoms with Crippen LogP contribution in [0.5, 0.6) is 11.5 Å². The Morgan fingerprint density at radius 1 is 0.878 bits per heavy atom. The van der Waals surface area contributed by atoms with Crippen molar-refractivity contribution in [3.63, 3.8) is 0 Å². The maximum Gasteiger partial charge on any atom is 0.264 e. The van der Waals surface area contributed by atoms with Gasteiger partial charge in [-0.1, -0.05) is 61.5 Å². The lowest BCUT2D eigenvalue weighted by molar-refractivity contribution is -0.140. The van der Waals surface area contributed by atoms with Gasteiger partial charge in [0, 0.05) is 23.9 Å². The molecule has 4 rings (SSSR count). The van der Waals surface area contributed by atoms with Crippen LogP contribution in [0.2, 0.25) is 0 Å². The summed E-state index contributed by atoms with van der Waals surface area (Å²) in [6.45, 7) is 5.43. The first-order valence-corrected chi connectivity index (χ1v) is 18.9. The maximum atomic E-state index is 14.8. The molecule has 0 aliphatic heterocycles. The van der Waals surface area contributed by atoms with Crippen molar-refractivity contribution in [2.24, 2.45) is 0 Å². The molecule has 0 saturated heterocycles. The molecule has 0 bridgehead atoms. The lowest BCUT2D eigenvalue weighted by Gasteiger charge is -2.34. The second-order valence-corrected chi connectivity index (χ2v) is 14.2. The molecule has 4 aromatic carbocycles. The normalized spacial score (nSPS) is 12.4. The smallest absolute Gasteiger partial charge is 0.264 e. The maximum absolute atomic E-state index is 14.8. The predicted molar refractivity (Wildman–Crippen MR) is 196 cm³/mol. The minimum absolute atomic E-state index is 0.0269. The molecule has 0 aliphatic carbocycles. The van der Waals surface area contributed by atoms with E-state index in [1.807, 2.05) is 69.5 Å². The van der Waals surface area contributed by atoms with E-state index in [0.717, 1.165) is 20.3 Å². The molecule has 260 valence electrons. The molecule has 0 aliphatic rings. The molecule has 49 heavy (non-hydrogen) atoms. The summed E-state index contributed by atoms with van der Waals surface area (Å²) < 4.78 is 41.3. The third kappa shape index (κ3) is 9.79. The van der Waals surface area contributed by atoms with Crippen LogP contribution in [0.3, 0.4) is 0 Å². The quantitative estimate of drug-likeness (QED) is 0.124. The molecular weight excluding hydrogens is 659 g/mol. The number of ether oxygens (including phenoxy) is 2. The van der Waals surface area contributed by atoms with Crippen LogP contribution in [0.15, 0.2) is 113 Å². The molecule has 11 heteroatoms. The summed E-state index contributed by atoms with van der Waals surface area (Å²) in [6.07, 6.45) is 2.83. The van der Waals surface area contributed by atoms with Crippen molar-refractivity contribution in [2.45, 2.75) is 62.0 Å². The third-order valence-corrected chi connectivity index (χ3v) is 10.6.